The minimum Gasteiger partial charge on any atom is -0.503 e. The molecule has 0 radical (unpaired) electrons. The van der Waals surface area contributed by atoms with Gasteiger partial charge in [0.2, 0.25) is 0 Å². The highest BCUT2D eigenvalue weighted by Crippen LogP contribution is 2.35. The number of methoxy groups -OCH3 is 1. The Kier molecular flexibility index (Phi) is 5.47. The number of carboxylic acid groups (broad SMARTS) is 1. The van der Waals surface area contributed by atoms with Crippen molar-refractivity contribution >= 4 is 21.9 Å². The van der Waals surface area contributed by atoms with Crippen LogP contribution >= 0.6 is 15.9 Å². The summed E-state index contributed by atoms with van der Waals surface area (Å²) in [5.74, 6) is -0.310. The van der Waals surface area contributed by atoms with E-state index in [0.29, 0.717) is 23.2 Å². The molecule has 0 aliphatic carbocycles. The Hall–Kier alpha value is -1.27. The Morgan fingerprint density at radius 1 is 1.43 bits per heavy atom. The van der Waals surface area contributed by atoms with Gasteiger partial charge in [-0.2, -0.15) is 0 Å². The molecule has 1 aromatic carbocycles. The summed E-state index contributed by atoms with van der Waals surface area (Å²) in [5.41, 5.74) is 0.921. The maximum Gasteiger partial charge on any atom is 0.320 e. The van der Waals surface area contributed by atoms with E-state index in [-0.39, 0.29) is 5.75 Å². The Bertz CT molecular complexity index is 521. The normalized spacial score (nSPS) is 20.0. The van der Waals surface area contributed by atoms with Crippen LogP contribution in [0.2, 0.25) is 0 Å². The molecule has 5 nitrogen and oxygen atoms in total. The van der Waals surface area contributed by atoms with E-state index in [1.54, 1.807) is 6.07 Å². The monoisotopic (exact) mass is 357 g/mol. The number of carbonyl (C=O) groups is 1. The maximum atomic E-state index is 11.4. The molecule has 1 aromatic rings. The van der Waals surface area contributed by atoms with E-state index in [9.17, 15) is 15.0 Å². The minimum absolute atomic E-state index is 0.0619. The van der Waals surface area contributed by atoms with Gasteiger partial charge in [0.1, 0.15) is 6.04 Å². The van der Waals surface area contributed by atoms with Crippen molar-refractivity contribution in [3.63, 3.8) is 0 Å². The van der Waals surface area contributed by atoms with Crippen LogP contribution in [0, 0.1) is 0 Å². The van der Waals surface area contributed by atoms with Gasteiger partial charge >= 0.3 is 5.97 Å². The van der Waals surface area contributed by atoms with Crippen molar-refractivity contribution in [3.8, 4) is 11.5 Å². The van der Waals surface area contributed by atoms with Gasteiger partial charge in [0.25, 0.3) is 0 Å². The highest BCUT2D eigenvalue weighted by molar-refractivity contribution is 9.10. The number of carboxylic acids is 1. The van der Waals surface area contributed by atoms with Crippen LogP contribution in [0.15, 0.2) is 16.6 Å². The lowest BCUT2D eigenvalue weighted by Gasteiger charge is -2.27. The first kappa shape index (κ1) is 16.1. The van der Waals surface area contributed by atoms with Gasteiger partial charge in [0.15, 0.2) is 11.5 Å². The van der Waals surface area contributed by atoms with Crippen molar-refractivity contribution in [2.75, 3.05) is 13.7 Å². The van der Waals surface area contributed by atoms with Gasteiger partial charge in [-0.1, -0.05) is 12.8 Å². The van der Waals surface area contributed by atoms with Crippen LogP contribution in [0.1, 0.15) is 31.2 Å². The SMILES string of the molecule is COc1cc(CN2CCCCCC2C(=O)O)cc(Br)c1O. The fourth-order valence-corrected chi connectivity index (χ4v) is 3.23. The number of hydrogen-bond donors (Lipinski definition) is 2. The number of nitrogens with zero attached hydrogens (tertiary/aromatic N) is 1. The number of ether oxygens (including phenoxy) is 1. The molecule has 0 spiro atoms. The predicted molar refractivity (Wildman–Crippen MR) is 82.7 cm³/mol. The number of aromatic hydroxyl groups is 1. The van der Waals surface area contributed by atoms with Gasteiger partial charge in [0.05, 0.1) is 11.6 Å². The van der Waals surface area contributed by atoms with Crippen molar-refractivity contribution in [1.82, 2.24) is 4.90 Å². The van der Waals surface area contributed by atoms with Gasteiger partial charge in [-0.05, 0) is 53.0 Å². The molecule has 2 rings (SSSR count). The minimum atomic E-state index is -0.762. The summed E-state index contributed by atoms with van der Waals surface area (Å²) in [6.45, 7) is 1.31. The standard InChI is InChI=1S/C15H20BrNO4/c1-21-13-8-10(7-11(16)14(13)18)9-17-6-4-2-3-5-12(17)15(19)20/h7-8,12,18H,2-6,9H2,1H3,(H,19,20). The van der Waals surface area contributed by atoms with E-state index in [0.717, 1.165) is 31.4 Å². The third-order valence-corrected chi connectivity index (χ3v) is 4.45. The molecule has 1 aliphatic rings. The molecule has 1 unspecified atom stereocenters. The second-order valence-electron chi connectivity index (χ2n) is 5.30. The van der Waals surface area contributed by atoms with Gasteiger partial charge < -0.3 is 14.9 Å². The summed E-state index contributed by atoms with van der Waals surface area (Å²) < 4.78 is 5.69. The van der Waals surface area contributed by atoms with E-state index < -0.39 is 12.0 Å². The molecular weight excluding hydrogens is 338 g/mol. The van der Waals surface area contributed by atoms with Crippen molar-refractivity contribution in [3.05, 3.63) is 22.2 Å². The molecule has 0 bridgehead atoms. The summed E-state index contributed by atoms with van der Waals surface area (Å²) in [6.07, 6.45) is 3.73. The zero-order valence-electron chi connectivity index (χ0n) is 12.0. The Morgan fingerprint density at radius 2 is 2.19 bits per heavy atom. The first-order valence-corrected chi connectivity index (χ1v) is 7.84. The number of rotatable bonds is 4. The summed E-state index contributed by atoms with van der Waals surface area (Å²) in [7, 11) is 1.50. The van der Waals surface area contributed by atoms with Crippen LogP contribution in [0.3, 0.4) is 0 Å². The zero-order chi connectivity index (χ0) is 15.4. The third-order valence-electron chi connectivity index (χ3n) is 3.84. The van der Waals surface area contributed by atoms with Gasteiger partial charge in [0, 0.05) is 6.54 Å². The smallest absolute Gasteiger partial charge is 0.320 e. The lowest BCUT2D eigenvalue weighted by molar-refractivity contribution is -0.143. The molecule has 2 N–H and O–H groups in total. The quantitative estimate of drug-likeness (QED) is 0.866. The summed E-state index contributed by atoms with van der Waals surface area (Å²) in [6, 6.07) is 3.12. The average Bonchev–Trinajstić information content (AvgIpc) is 2.68. The van der Waals surface area contributed by atoms with Crippen LogP contribution < -0.4 is 4.74 Å². The molecule has 0 aromatic heterocycles. The van der Waals surface area contributed by atoms with Crippen molar-refractivity contribution in [2.45, 2.75) is 38.3 Å². The maximum absolute atomic E-state index is 11.4. The molecular formula is C15H20BrNO4. The summed E-state index contributed by atoms with van der Waals surface area (Å²) >= 11 is 3.30. The highest BCUT2D eigenvalue weighted by atomic mass is 79.9. The fraction of sp³-hybridized carbons (Fsp3) is 0.533. The zero-order valence-corrected chi connectivity index (χ0v) is 13.6. The fourth-order valence-electron chi connectivity index (χ4n) is 2.75. The topological polar surface area (TPSA) is 70.0 Å². The number of likely N-dealkylation sites (tertiary alicyclic amines) is 1. The number of halogens is 1. The van der Waals surface area contributed by atoms with E-state index in [1.807, 2.05) is 11.0 Å². The molecule has 6 heteroatoms. The first-order valence-electron chi connectivity index (χ1n) is 7.05. The predicted octanol–water partition coefficient (Wildman–Crippen LogP) is 2.99. The lowest BCUT2D eigenvalue weighted by Crippen LogP contribution is -2.40. The van der Waals surface area contributed by atoms with Gasteiger partial charge in [-0.15, -0.1) is 0 Å². The van der Waals surface area contributed by atoms with Gasteiger partial charge in [-0.3, -0.25) is 9.69 Å². The van der Waals surface area contributed by atoms with Crippen molar-refractivity contribution < 1.29 is 19.7 Å². The Balaban J connectivity index is 2.22. The third kappa shape index (κ3) is 3.89. The molecule has 21 heavy (non-hydrogen) atoms. The Labute approximate surface area is 132 Å². The second-order valence-corrected chi connectivity index (χ2v) is 6.16. The molecule has 116 valence electrons. The molecule has 1 heterocycles. The molecule has 1 saturated heterocycles. The molecule has 1 aliphatic heterocycles. The molecule has 1 atom stereocenters. The summed E-state index contributed by atoms with van der Waals surface area (Å²) in [5, 5.41) is 19.2. The largest absolute Gasteiger partial charge is 0.503 e. The second kappa shape index (κ2) is 7.13. The van der Waals surface area contributed by atoms with Crippen LogP contribution in [0.25, 0.3) is 0 Å². The highest BCUT2D eigenvalue weighted by Gasteiger charge is 2.27. The average molecular weight is 358 g/mol. The number of phenolic OH excluding ortho intramolecular Hbond substituents is 1. The van der Waals surface area contributed by atoms with E-state index >= 15 is 0 Å². The van der Waals surface area contributed by atoms with Crippen LogP contribution in [-0.2, 0) is 11.3 Å². The van der Waals surface area contributed by atoms with Crippen LogP contribution in [0.5, 0.6) is 11.5 Å². The molecule has 0 saturated carbocycles. The number of benzene rings is 1. The van der Waals surface area contributed by atoms with Crippen LogP contribution in [0.4, 0.5) is 0 Å². The van der Waals surface area contributed by atoms with E-state index in [4.69, 9.17) is 4.74 Å². The van der Waals surface area contributed by atoms with Crippen molar-refractivity contribution in [2.24, 2.45) is 0 Å². The lowest BCUT2D eigenvalue weighted by atomic mass is 10.1. The molecule has 0 amide bonds. The van der Waals surface area contributed by atoms with Gasteiger partial charge in [-0.25, -0.2) is 0 Å². The molecule has 1 fully saturated rings. The van der Waals surface area contributed by atoms with E-state index in [1.165, 1.54) is 7.11 Å². The van der Waals surface area contributed by atoms with E-state index in [2.05, 4.69) is 15.9 Å². The number of aliphatic carboxylic acids is 1. The summed E-state index contributed by atoms with van der Waals surface area (Å²) in [4.78, 5) is 13.4. The van der Waals surface area contributed by atoms with Crippen LogP contribution in [-0.4, -0.2) is 40.8 Å². The number of hydrogen-bond acceptors (Lipinski definition) is 4. The Morgan fingerprint density at radius 3 is 2.86 bits per heavy atom. The first-order chi connectivity index (χ1) is 10.0. The number of phenols is 1. The van der Waals surface area contributed by atoms with Crippen molar-refractivity contribution in [1.29, 1.82) is 0 Å².